The van der Waals surface area contributed by atoms with Crippen molar-refractivity contribution >= 4 is 33.0 Å². The van der Waals surface area contributed by atoms with Gasteiger partial charge in [-0.25, -0.2) is 13.4 Å². The molecule has 1 aromatic carbocycles. The average molecular weight is 352 g/mol. The topological polar surface area (TPSA) is 62.3 Å². The molecule has 23 heavy (non-hydrogen) atoms. The minimum Gasteiger partial charge on any atom is -0.371 e. The van der Waals surface area contributed by atoms with E-state index in [0.29, 0.717) is 5.69 Å². The molecule has 0 amide bonds. The van der Waals surface area contributed by atoms with Crippen molar-refractivity contribution in [2.24, 2.45) is 0 Å². The molecule has 3 rings (SSSR count). The quantitative estimate of drug-likeness (QED) is 0.856. The molecule has 1 N–H and O–H groups in total. The fourth-order valence-corrected chi connectivity index (χ4v) is 3.76. The predicted octanol–water partition coefficient (Wildman–Crippen LogP) is 3.53. The van der Waals surface area contributed by atoms with Gasteiger partial charge in [-0.2, -0.15) is 0 Å². The smallest absolute Gasteiger partial charge is 0.263 e. The van der Waals surface area contributed by atoms with Crippen LogP contribution in [-0.2, 0) is 10.0 Å². The SMILES string of the molecule is O=S(=O)(Nc1cccc(N2CCCCC2)c1)c1ccc(Cl)nc1. The first-order valence-corrected chi connectivity index (χ1v) is 9.40. The summed E-state index contributed by atoms with van der Waals surface area (Å²) >= 11 is 5.70. The lowest BCUT2D eigenvalue weighted by molar-refractivity contribution is 0.578. The van der Waals surface area contributed by atoms with Crippen LogP contribution in [0.15, 0.2) is 47.5 Å². The molecule has 0 atom stereocenters. The van der Waals surface area contributed by atoms with Gasteiger partial charge in [0.15, 0.2) is 0 Å². The number of hydrogen-bond donors (Lipinski definition) is 1. The molecule has 2 heterocycles. The highest BCUT2D eigenvalue weighted by Gasteiger charge is 2.16. The van der Waals surface area contributed by atoms with Crippen LogP contribution in [0.2, 0.25) is 5.15 Å². The molecule has 0 radical (unpaired) electrons. The Morgan fingerprint density at radius 2 is 1.87 bits per heavy atom. The van der Waals surface area contributed by atoms with Gasteiger partial charge in [0, 0.05) is 25.0 Å². The fraction of sp³-hybridized carbons (Fsp3) is 0.312. The van der Waals surface area contributed by atoms with E-state index in [-0.39, 0.29) is 10.0 Å². The van der Waals surface area contributed by atoms with Crippen LogP contribution in [-0.4, -0.2) is 26.5 Å². The summed E-state index contributed by atoms with van der Waals surface area (Å²) in [4.78, 5) is 6.19. The maximum atomic E-state index is 12.4. The van der Waals surface area contributed by atoms with E-state index in [1.54, 1.807) is 6.07 Å². The van der Waals surface area contributed by atoms with Crippen molar-refractivity contribution in [3.8, 4) is 0 Å². The van der Waals surface area contributed by atoms with Crippen molar-refractivity contribution in [1.82, 2.24) is 4.98 Å². The van der Waals surface area contributed by atoms with E-state index >= 15 is 0 Å². The maximum absolute atomic E-state index is 12.4. The first-order valence-electron chi connectivity index (χ1n) is 7.54. The number of halogens is 1. The van der Waals surface area contributed by atoms with Gasteiger partial charge in [0.1, 0.15) is 10.0 Å². The van der Waals surface area contributed by atoms with E-state index in [2.05, 4.69) is 14.6 Å². The van der Waals surface area contributed by atoms with Gasteiger partial charge in [0.05, 0.1) is 5.69 Å². The summed E-state index contributed by atoms with van der Waals surface area (Å²) in [6.07, 6.45) is 4.85. The molecule has 122 valence electrons. The summed E-state index contributed by atoms with van der Waals surface area (Å²) in [7, 11) is -3.67. The van der Waals surface area contributed by atoms with Crippen molar-refractivity contribution in [2.45, 2.75) is 24.2 Å². The molecule has 1 fully saturated rings. The van der Waals surface area contributed by atoms with Gasteiger partial charge in [-0.15, -0.1) is 0 Å². The first-order chi connectivity index (χ1) is 11.0. The third-order valence-corrected chi connectivity index (χ3v) is 5.42. The number of anilines is 2. The zero-order chi connectivity index (χ0) is 16.3. The van der Waals surface area contributed by atoms with E-state index in [1.807, 2.05) is 18.2 Å². The summed E-state index contributed by atoms with van der Waals surface area (Å²) in [5.74, 6) is 0. The molecule has 1 aliphatic rings. The number of nitrogens with one attached hydrogen (secondary N) is 1. The normalized spacial score (nSPS) is 15.4. The number of hydrogen-bond acceptors (Lipinski definition) is 4. The number of piperidine rings is 1. The van der Waals surface area contributed by atoms with Crippen molar-refractivity contribution in [3.63, 3.8) is 0 Å². The minimum atomic E-state index is -3.67. The molecule has 7 heteroatoms. The third-order valence-electron chi connectivity index (χ3n) is 3.83. The lowest BCUT2D eigenvalue weighted by atomic mass is 10.1. The molecule has 0 saturated carbocycles. The molecule has 0 bridgehead atoms. The van der Waals surface area contributed by atoms with Crippen LogP contribution < -0.4 is 9.62 Å². The highest BCUT2D eigenvalue weighted by Crippen LogP contribution is 2.24. The van der Waals surface area contributed by atoms with Crippen molar-refractivity contribution < 1.29 is 8.42 Å². The summed E-state index contributed by atoms with van der Waals surface area (Å²) in [5, 5.41) is 0.260. The monoisotopic (exact) mass is 351 g/mol. The van der Waals surface area contributed by atoms with Gasteiger partial charge in [-0.3, -0.25) is 4.72 Å². The third kappa shape index (κ3) is 3.95. The number of sulfonamides is 1. The van der Waals surface area contributed by atoms with E-state index in [0.717, 1.165) is 18.8 Å². The molecular weight excluding hydrogens is 334 g/mol. The predicted molar refractivity (Wildman–Crippen MR) is 92.6 cm³/mol. The number of benzene rings is 1. The van der Waals surface area contributed by atoms with E-state index in [4.69, 9.17) is 11.6 Å². The van der Waals surface area contributed by atoms with Crippen LogP contribution in [0.3, 0.4) is 0 Å². The second kappa shape index (κ2) is 6.76. The van der Waals surface area contributed by atoms with Gasteiger partial charge in [-0.1, -0.05) is 17.7 Å². The minimum absolute atomic E-state index is 0.0882. The summed E-state index contributed by atoms with van der Waals surface area (Å²) in [6, 6.07) is 10.4. The second-order valence-corrected chi connectivity index (χ2v) is 7.59. The molecule has 1 saturated heterocycles. The van der Waals surface area contributed by atoms with E-state index < -0.39 is 10.0 Å². The van der Waals surface area contributed by atoms with Gasteiger partial charge in [0.25, 0.3) is 10.0 Å². The maximum Gasteiger partial charge on any atom is 0.263 e. The van der Waals surface area contributed by atoms with Gasteiger partial charge < -0.3 is 4.90 Å². The van der Waals surface area contributed by atoms with Crippen LogP contribution >= 0.6 is 11.6 Å². The van der Waals surface area contributed by atoms with Gasteiger partial charge in [-0.05, 0) is 49.6 Å². The highest BCUT2D eigenvalue weighted by molar-refractivity contribution is 7.92. The van der Waals surface area contributed by atoms with Gasteiger partial charge >= 0.3 is 0 Å². The largest absolute Gasteiger partial charge is 0.371 e. The Kier molecular flexibility index (Phi) is 4.73. The van der Waals surface area contributed by atoms with Crippen molar-refractivity contribution in [2.75, 3.05) is 22.7 Å². The van der Waals surface area contributed by atoms with Gasteiger partial charge in [0.2, 0.25) is 0 Å². The molecule has 0 aliphatic carbocycles. The molecule has 2 aromatic rings. The first kappa shape index (κ1) is 16.1. The van der Waals surface area contributed by atoms with Crippen LogP contribution in [0.4, 0.5) is 11.4 Å². The molecule has 1 aliphatic heterocycles. The molecular formula is C16H18ClN3O2S. The Labute approximate surface area is 141 Å². The summed E-state index contributed by atoms with van der Waals surface area (Å²) in [6.45, 7) is 2.02. The van der Waals surface area contributed by atoms with Crippen LogP contribution in [0.1, 0.15) is 19.3 Å². The Bertz CT molecular complexity index is 772. The number of nitrogens with zero attached hydrogens (tertiary/aromatic N) is 2. The number of aromatic nitrogens is 1. The molecule has 0 unspecified atom stereocenters. The standard InChI is InChI=1S/C16H18ClN3O2S/c17-16-8-7-15(12-18-16)23(21,22)19-13-5-4-6-14(11-13)20-9-2-1-3-10-20/h4-8,11-12,19H,1-3,9-10H2. The average Bonchev–Trinajstić information content (AvgIpc) is 2.56. The van der Waals surface area contributed by atoms with Crippen LogP contribution in [0.5, 0.6) is 0 Å². The number of rotatable bonds is 4. The number of pyridine rings is 1. The highest BCUT2D eigenvalue weighted by atomic mass is 35.5. The molecule has 1 aromatic heterocycles. The Morgan fingerprint density at radius 3 is 2.57 bits per heavy atom. The van der Waals surface area contributed by atoms with Crippen molar-refractivity contribution in [3.05, 3.63) is 47.7 Å². The zero-order valence-corrected chi connectivity index (χ0v) is 14.1. The van der Waals surface area contributed by atoms with E-state index in [1.165, 1.54) is 37.6 Å². The Morgan fingerprint density at radius 1 is 1.09 bits per heavy atom. The van der Waals surface area contributed by atoms with Crippen LogP contribution in [0.25, 0.3) is 0 Å². The van der Waals surface area contributed by atoms with Crippen LogP contribution in [0, 0.1) is 0 Å². The summed E-state index contributed by atoms with van der Waals surface area (Å²) < 4.78 is 27.4. The van der Waals surface area contributed by atoms with Crippen molar-refractivity contribution in [1.29, 1.82) is 0 Å². The fourth-order valence-electron chi connectivity index (χ4n) is 2.65. The molecule has 0 spiro atoms. The zero-order valence-electron chi connectivity index (χ0n) is 12.6. The molecule has 5 nitrogen and oxygen atoms in total. The lowest BCUT2D eigenvalue weighted by Crippen LogP contribution is -2.29. The Balaban J connectivity index is 1.80. The Hall–Kier alpha value is -1.79. The summed E-state index contributed by atoms with van der Waals surface area (Å²) in [5.41, 5.74) is 1.59. The van der Waals surface area contributed by atoms with E-state index in [9.17, 15) is 8.42 Å². The second-order valence-electron chi connectivity index (χ2n) is 5.52. The lowest BCUT2D eigenvalue weighted by Gasteiger charge is -2.29.